The predicted molar refractivity (Wildman–Crippen MR) is 95.7 cm³/mol. The first-order valence-corrected chi connectivity index (χ1v) is 9.54. The molecule has 0 aliphatic carbocycles. The molecule has 3 aliphatic rings. The third-order valence-electron chi connectivity index (χ3n) is 5.53. The Balaban J connectivity index is 1.53. The minimum absolute atomic E-state index is 0.0924. The highest BCUT2D eigenvalue weighted by molar-refractivity contribution is 8.01. The van der Waals surface area contributed by atoms with Gasteiger partial charge in [0.05, 0.1) is 4.75 Å². The molecule has 2 unspecified atom stereocenters. The third kappa shape index (κ3) is 2.74. The second-order valence-corrected chi connectivity index (χ2v) is 8.68. The zero-order valence-corrected chi connectivity index (χ0v) is 15.1. The van der Waals surface area contributed by atoms with E-state index in [4.69, 9.17) is 10.5 Å². The number of ether oxygens (including phenoxy) is 1. The predicted octanol–water partition coefficient (Wildman–Crippen LogP) is 0.805. The average Bonchev–Trinajstić information content (AvgIpc) is 2.94. The van der Waals surface area contributed by atoms with Crippen molar-refractivity contribution in [3.05, 3.63) is 35.9 Å². The summed E-state index contributed by atoms with van der Waals surface area (Å²) in [6.45, 7) is 2.06. The van der Waals surface area contributed by atoms with Gasteiger partial charge in [-0.1, -0.05) is 30.3 Å². The molecule has 0 bridgehead atoms. The Labute approximate surface area is 151 Å². The number of nitrogens with zero attached hydrogens (tertiary/aromatic N) is 2. The van der Waals surface area contributed by atoms with Crippen molar-refractivity contribution in [2.24, 2.45) is 5.73 Å². The van der Waals surface area contributed by atoms with Crippen molar-refractivity contribution in [1.29, 1.82) is 0 Å². The van der Waals surface area contributed by atoms with Crippen LogP contribution in [0.1, 0.15) is 18.4 Å². The number of esters is 1. The summed E-state index contributed by atoms with van der Waals surface area (Å²) in [5, 5.41) is -0.0924. The van der Waals surface area contributed by atoms with Crippen LogP contribution >= 0.6 is 11.8 Å². The Morgan fingerprint density at radius 2 is 2.00 bits per heavy atom. The summed E-state index contributed by atoms with van der Waals surface area (Å²) in [5.41, 5.74) is 6.92. The number of carbonyl (C=O) groups excluding carboxylic acids is 2. The fourth-order valence-electron chi connectivity index (χ4n) is 4.00. The molecule has 4 rings (SSSR count). The topological polar surface area (TPSA) is 75.9 Å². The van der Waals surface area contributed by atoms with E-state index >= 15 is 0 Å². The molecule has 7 heteroatoms. The van der Waals surface area contributed by atoms with Gasteiger partial charge in [0.25, 0.3) is 0 Å². The zero-order valence-electron chi connectivity index (χ0n) is 14.3. The number of fused-ring (bicyclic) bond motifs is 1. The number of benzene rings is 1. The van der Waals surface area contributed by atoms with Crippen molar-refractivity contribution in [2.75, 3.05) is 20.1 Å². The van der Waals surface area contributed by atoms with Crippen LogP contribution in [0.25, 0.3) is 0 Å². The Bertz CT molecular complexity index is 675. The van der Waals surface area contributed by atoms with E-state index in [-0.39, 0.29) is 28.6 Å². The molecular formula is C18H23N3O3S. The number of piperidine rings is 1. The van der Waals surface area contributed by atoms with Crippen LogP contribution < -0.4 is 5.73 Å². The molecule has 3 fully saturated rings. The van der Waals surface area contributed by atoms with E-state index in [2.05, 4.69) is 11.9 Å². The lowest BCUT2D eigenvalue weighted by molar-refractivity contribution is -0.164. The molecule has 0 radical (unpaired) electrons. The van der Waals surface area contributed by atoms with Crippen molar-refractivity contribution >= 4 is 23.6 Å². The number of thioether (sulfide) groups is 1. The summed E-state index contributed by atoms with van der Waals surface area (Å²) in [5.74, 6) is -0.432. The molecule has 3 heterocycles. The summed E-state index contributed by atoms with van der Waals surface area (Å²) in [4.78, 5) is 29.2. The molecule has 1 spiro atoms. The Hall–Kier alpha value is -1.57. The molecule has 3 atom stereocenters. The summed E-state index contributed by atoms with van der Waals surface area (Å²) in [7, 11) is 2.08. The lowest BCUT2D eigenvalue weighted by Gasteiger charge is -2.43. The van der Waals surface area contributed by atoms with Crippen LogP contribution in [-0.2, 0) is 20.9 Å². The highest BCUT2D eigenvalue weighted by Gasteiger charge is 2.66. The van der Waals surface area contributed by atoms with E-state index in [0.29, 0.717) is 0 Å². The first-order valence-electron chi connectivity index (χ1n) is 8.66. The molecule has 1 aromatic carbocycles. The van der Waals surface area contributed by atoms with Gasteiger partial charge in [0.2, 0.25) is 5.91 Å². The summed E-state index contributed by atoms with van der Waals surface area (Å²) < 4.78 is 5.33. The first-order chi connectivity index (χ1) is 12.0. The van der Waals surface area contributed by atoms with Crippen LogP contribution in [-0.4, -0.2) is 64.0 Å². The zero-order chi connectivity index (χ0) is 17.6. The van der Waals surface area contributed by atoms with Gasteiger partial charge in [-0.05, 0) is 38.5 Å². The molecule has 134 valence electrons. The third-order valence-corrected chi connectivity index (χ3v) is 7.40. The van der Waals surface area contributed by atoms with Gasteiger partial charge < -0.3 is 20.3 Å². The van der Waals surface area contributed by atoms with E-state index in [0.717, 1.165) is 31.5 Å². The highest BCUT2D eigenvalue weighted by Crippen LogP contribution is 2.55. The van der Waals surface area contributed by atoms with Crippen molar-refractivity contribution in [2.45, 2.75) is 41.7 Å². The van der Waals surface area contributed by atoms with Gasteiger partial charge >= 0.3 is 5.97 Å². The monoisotopic (exact) mass is 361 g/mol. The number of hydrogen-bond acceptors (Lipinski definition) is 6. The van der Waals surface area contributed by atoms with Gasteiger partial charge in [0.1, 0.15) is 24.1 Å². The minimum Gasteiger partial charge on any atom is -0.459 e. The lowest BCUT2D eigenvalue weighted by Crippen LogP contribution is -2.69. The maximum atomic E-state index is 12.9. The second kappa shape index (κ2) is 6.30. The summed E-state index contributed by atoms with van der Waals surface area (Å²) in [6, 6.07) is 8.60. The molecule has 2 N–H and O–H groups in total. The number of likely N-dealkylation sites (tertiary alicyclic amines) is 1. The van der Waals surface area contributed by atoms with E-state index < -0.39 is 12.1 Å². The van der Waals surface area contributed by atoms with E-state index in [1.807, 2.05) is 30.3 Å². The smallest absolute Gasteiger partial charge is 0.330 e. The van der Waals surface area contributed by atoms with Crippen molar-refractivity contribution in [3.8, 4) is 0 Å². The molecule has 0 aromatic heterocycles. The van der Waals surface area contributed by atoms with Gasteiger partial charge in [-0.15, -0.1) is 11.8 Å². The molecule has 3 aliphatic heterocycles. The standard InChI is InChI=1S/C18H23N3O3S/c1-20-9-7-18(8-10-20)14(21-15(22)13(19)16(21)25-18)17(23)24-11-12-5-3-2-4-6-12/h2-6,13-14,16H,7-11,19H2,1H3/t13?,14?,16-/m0/s1. The minimum atomic E-state index is -0.521. The van der Waals surface area contributed by atoms with Gasteiger partial charge in [0.15, 0.2) is 0 Å². The normalized spacial score (nSPS) is 30.9. The number of rotatable bonds is 3. The van der Waals surface area contributed by atoms with Gasteiger partial charge in [0, 0.05) is 0 Å². The maximum absolute atomic E-state index is 12.9. The number of amides is 1. The van der Waals surface area contributed by atoms with Gasteiger partial charge in [-0.25, -0.2) is 4.79 Å². The first kappa shape index (κ1) is 16.9. The van der Waals surface area contributed by atoms with Gasteiger partial charge in [-0.3, -0.25) is 4.79 Å². The average molecular weight is 361 g/mol. The molecule has 3 saturated heterocycles. The highest BCUT2D eigenvalue weighted by atomic mass is 32.2. The molecule has 6 nitrogen and oxygen atoms in total. The van der Waals surface area contributed by atoms with Crippen molar-refractivity contribution < 1.29 is 14.3 Å². The fraction of sp³-hybridized carbons (Fsp3) is 0.556. The summed E-state index contributed by atoms with van der Waals surface area (Å²) in [6.07, 6.45) is 1.73. The van der Waals surface area contributed by atoms with Crippen molar-refractivity contribution in [1.82, 2.24) is 9.80 Å². The maximum Gasteiger partial charge on any atom is 0.330 e. The Kier molecular flexibility index (Phi) is 4.25. The van der Waals surface area contributed by atoms with Crippen molar-refractivity contribution in [3.63, 3.8) is 0 Å². The Morgan fingerprint density at radius 1 is 1.32 bits per heavy atom. The van der Waals surface area contributed by atoms with Crippen LogP contribution in [0.3, 0.4) is 0 Å². The number of β-lactam (4-membered cyclic amide) rings is 1. The molecule has 1 amide bonds. The fourth-order valence-corrected chi connectivity index (χ4v) is 5.84. The quantitative estimate of drug-likeness (QED) is 0.634. The number of carbonyl (C=O) groups is 2. The van der Waals surface area contributed by atoms with E-state index in [9.17, 15) is 9.59 Å². The lowest BCUT2D eigenvalue weighted by atomic mass is 9.85. The molecule has 1 aromatic rings. The van der Waals surface area contributed by atoms with Crippen LogP contribution in [0, 0.1) is 0 Å². The van der Waals surface area contributed by atoms with Crippen LogP contribution in [0.2, 0.25) is 0 Å². The largest absolute Gasteiger partial charge is 0.459 e. The Morgan fingerprint density at radius 3 is 2.68 bits per heavy atom. The van der Waals surface area contributed by atoms with Crippen LogP contribution in [0.15, 0.2) is 30.3 Å². The SMILES string of the molecule is CN1CCC2(CC1)S[C@H]1C(N)C(=O)N1C2C(=O)OCc1ccccc1. The second-order valence-electron chi connectivity index (χ2n) is 7.14. The van der Waals surface area contributed by atoms with Crippen LogP contribution in [0.4, 0.5) is 0 Å². The molecular weight excluding hydrogens is 338 g/mol. The number of nitrogens with two attached hydrogens (primary N) is 1. The van der Waals surface area contributed by atoms with Gasteiger partial charge in [-0.2, -0.15) is 0 Å². The summed E-state index contributed by atoms with van der Waals surface area (Å²) >= 11 is 1.71. The van der Waals surface area contributed by atoms with E-state index in [1.54, 1.807) is 16.7 Å². The number of hydrogen-bond donors (Lipinski definition) is 1. The van der Waals surface area contributed by atoms with E-state index in [1.165, 1.54) is 0 Å². The molecule has 0 saturated carbocycles. The molecule has 25 heavy (non-hydrogen) atoms. The van der Waals surface area contributed by atoms with Crippen LogP contribution in [0.5, 0.6) is 0 Å².